The topological polar surface area (TPSA) is 72.6 Å². The van der Waals surface area contributed by atoms with Gasteiger partial charge in [0.1, 0.15) is 11.6 Å². The van der Waals surface area contributed by atoms with Crippen LogP contribution < -0.4 is 5.73 Å². The molecule has 3 rings (SSSR count). The van der Waals surface area contributed by atoms with Gasteiger partial charge < -0.3 is 15.4 Å². The number of amides is 2. The first-order valence-electron chi connectivity index (χ1n) is 6.91. The van der Waals surface area contributed by atoms with E-state index < -0.39 is 17.6 Å². The molecular weight excluding hydrogens is 256 g/mol. The Morgan fingerprint density at radius 1 is 1.40 bits per heavy atom. The fourth-order valence-corrected chi connectivity index (χ4v) is 3.16. The SMILES string of the molecule is NC(=O)[C@@H]1C[C@]2(CCCO2)C(=O)N1Cc1ccccc1. The van der Waals surface area contributed by atoms with Gasteiger partial charge in [-0.2, -0.15) is 0 Å². The van der Waals surface area contributed by atoms with Crippen molar-refractivity contribution in [3.63, 3.8) is 0 Å². The largest absolute Gasteiger partial charge is 0.368 e. The lowest BCUT2D eigenvalue weighted by Gasteiger charge is -2.23. The first-order chi connectivity index (χ1) is 9.62. The van der Waals surface area contributed by atoms with E-state index in [9.17, 15) is 9.59 Å². The number of carbonyl (C=O) groups is 2. The molecule has 2 fully saturated rings. The number of rotatable bonds is 3. The van der Waals surface area contributed by atoms with Gasteiger partial charge in [-0.3, -0.25) is 9.59 Å². The molecule has 0 aliphatic carbocycles. The first kappa shape index (κ1) is 13.1. The first-order valence-corrected chi connectivity index (χ1v) is 6.91. The van der Waals surface area contributed by atoms with Gasteiger partial charge in [0.05, 0.1) is 0 Å². The van der Waals surface area contributed by atoms with Crippen LogP contribution in [0.15, 0.2) is 30.3 Å². The van der Waals surface area contributed by atoms with Crippen LogP contribution >= 0.6 is 0 Å². The minimum Gasteiger partial charge on any atom is -0.368 e. The zero-order valence-corrected chi connectivity index (χ0v) is 11.2. The number of likely N-dealkylation sites (tertiary alicyclic amines) is 1. The molecule has 2 N–H and O–H groups in total. The Morgan fingerprint density at radius 3 is 2.75 bits per heavy atom. The van der Waals surface area contributed by atoms with Crippen molar-refractivity contribution < 1.29 is 14.3 Å². The predicted molar refractivity (Wildman–Crippen MR) is 72.5 cm³/mol. The molecule has 0 radical (unpaired) electrons. The summed E-state index contributed by atoms with van der Waals surface area (Å²) < 4.78 is 5.66. The number of benzene rings is 1. The van der Waals surface area contributed by atoms with Gasteiger partial charge in [0.25, 0.3) is 5.91 Å². The summed E-state index contributed by atoms with van der Waals surface area (Å²) in [6.07, 6.45) is 1.92. The summed E-state index contributed by atoms with van der Waals surface area (Å²) in [5.74, 6) is -0.552. The second kappa shape index (κ2) is 4.90. The number of nitrogens with zero attached hydrogens (tertiary/aromatic N) is 1. The average Bonchev–Trinajstić information content (AvgIpc) is 3.02. The van der Waals surface area contributed by atoms with Crippen molar-refractivity contribution in [3.8, 4) is 0 Å². The van der Waals surface area contributed by atoms with Crippen molar-refractivity contribution >= 4 is 11.8 Å². The highest BCUT2D eigenvalue weighted by atomic mass is 16.5. The summed E-state index contributed by atoms with van der Waals surface area (Å²) >= 11 is 0. The predicted octanol–water partition coefficient (Wildman–Crippen LogP) is 0.822. The molecule has 1 aromatic rings. The zero-order valence-electron chi connectivity index (χ0n) is 11.2. The molecule has 0 unspecified atom stereocenters. The highest BCUT2D eigenvalue weighted by Gasteiger charge is 2.55. The van der Waals surface area contributed by atoms with Gasteiger partial charge in [0.15, 0.2) is 0 Å². The van der Waals surface area contributed by atoms with Crippen LogP contribution in [0.5, 0.6) is 0 Å². The Kier molecular flexibility index (Phi) is 3.22. The Bertz CT molecular complexity index is 523. The molecule has 2 aliphatic rings. The van der Waals surface area contributed by atoms with Crippen molar-refractivity contribution in [3.05, 3.63) is 35.9 Å². The van der Waals surface area contributed by atoms with E-state index in [4.69, 9.17) is 10.5 Å². The van der Waals surface area contributed by atoms with Crippen LogP contribution in [0.25, 0.3) is 0 Å². The number of primary amides is 1. The molecule has 1 aromatic carbocycles. The highest BCUT2D eigenvalue weighted by molar-refractivity contribution is 5.95. The van der Waals surface area contributed by atoms with Gasteiger partial charge in [-0.1, -0.05) is 30.3 Å². The van der Waals surface area contributed by atoms with Crippen LogP contribution in [0.3, 0.4) is 0 Å². The van der Waals surface area contributed by atoms with Crippen LogP contribution in [0.1, 0.15) is 24.8 Å². The van der Waals surface area contributed by atoms with Crippen molar-refractivity contribution in [2.45, 2.75) is 37.5 Å². The van der Waals surface area contributed by atoms with Gasteiger partial charge in [0.2, 0.25) is 5.91 Å². The van der Waals surface area contributed by atoms with Crippen LogP contribution in [0.2, 0.25) is 0 Å². The maximum absolute atomic E-state index is 12.6. The normalized spacial score (nSPS) is 29.3. The van der Waals surface area contributed by atoms with Crippen molar-refractivity contribution in [2.75, 3.05) is 6.61 Å². The zero-order chi connectivity index (χ0) is 14.2. The number of ether oxygens (including phenoxy) is 1. The van der Waals surface area contributed by atoms with E-state index in [1.54, 1.807) is 4.90 Å². The average molecular weight is 274 g/mol. The molecule has 2 saturated heterocycles. The monoisotopic (exact) mass is 274 g/mol. The van der Waals surface area contributed by atoms with Crippen LogP contribution in [0, 0.1) is 0 Å². The second-order valence-corrected chi connectivity index (χ2v) is 5.49. The molecule has 2 amide bonds. The van der Waals surface area contributed by atoms with Crippen LogP contribution in [-0.2, 0) is 20.9 Å². The Labute approximate surface area is 117 Å². The van der Waals surface area contributed by atoms with Gasteiger partial charge >= 0.3 is 0 Å². The summed E-state index contributed by atoms with van der Waals surface area (Å²) in [5.41, 5.74) is 5.64. The third-order valence-corrected chi connectivity index (χ3v) is 4.18. The molecule has 0 bridgehead atoms. The quantitative estimate of drug-likeness (QED) is 0.887. The van der Waals surface area contributed by atoms with Crippen LogP contribution in [0.4, 0.5) is 0 Å². The van der Waals surface area contributed by atoms with Crippen molar-refractivity contribution in [1.29, 1.82) is 0 Å². The Hall–Kier alpha value is -1.88. The second-order valence-electron chi connectivity index (χ2n) is 5.49. The fourth-order valence-electron chi connectivity index (χ4n) is 3.16. The molecule has 20 heavy (non-hydrogen) atoms. The molecule has 5 nitrogen and oxygen atoms in total. The highest BCUT2D eigenvalue weighted by Crippen LogP contribution is 2.40. The summed E-state index contributed by atoms with van der Waals surface area (Å²) in [6.45, 7) is 0.981. The summed E-state index contributed by atoms with van der Waals surface area (Å²) in [6, 6.07) is 9.05. The van der Waals surface area contributed by atoms with E-state index in [1.807, 2.05) is 30.3 Å². The Morgan fingerprint density at radius 2 is 2.15 bits per heavy atom. The van der Waals surface area contributed by atoms with Gasteiger partial charge in [0, 0.05) is 19.6 Å². The number of nitrogens with two attached hydrogens (primary N) is 1. The molecule has 0 saturated carbocycles. The Balaban J connectivity index is 1.87. The van der Waals surface area contributed by atoms with E-state index in [2.05, 4.69) is 0 Å². The van der Waals surface area contributed by atoms with E-state index in [-0.39, 0.29) is 5.91 Å². The minimum absolute atomic E-state index is 0.0948. The van der Waals surface area contributed by atoms with Crippen LogP contribution in [-0.4, -0.2) is 35.0 Å². The van der Waals surface area contributed by atoms with E-state index in [1.165, 1.54) is 0 Å². The van der Waals surface area contributed by atoms with Crippen molar-refractivity contribution in [1.82, 2.24) is 4.90 Å². The summed E-state index contributed by atoms with van der Waals surface area (Å²) in [4.78, 5) is 25.9. The smallest absolute Gasteiger partial charge is 0.255 e. The molecule has 2 atom stereocenters. The molecule has 2 aliphatic heterocycles. The third kappa shape index (κ3) is 2.08. The minimum atomic E-state index is -0.811. The maximum atomic E-state index is 12.6. The summed E-state index contributed by atoms with van der Waals surface area (Å²) in [7, 11) is 0. The standard InChI is InChI=1S/C15H18N2O3/c16-13(18)12-9-15(7-4-8-20-15)14(19)17(12)10-11-5-2-1-3-6-11/h1-3,5-6,12H,4,7-10H2,(H2,16,18)/t12-,15+/m0/s1. The maximum Gasteiger partial charge on any atom is 0.255 e. The van der Waals surface area contributed by atoms with Crippen molar-refractivity contribution in [2.24, 2.45) is 5.73 Å². The van der Waals surface area contributed by atoms with Gasteiger partial charge in [-0.25, -0.2) is 0 Å². The molecule has 1 spiro atoms. The molecule has 0 aromatic heterocycles. The lowest BCUT2D eigenvalue weighted by atomic mass is 9.96. The number of hydrogen-bond acceptors (Lipinski definition) is 3. The van der Waals surface area contributed by atoms with E-state index in [0.717, 1.165) is 12.0 Å². The lowest BCUT2D eigenvalue weighted by Crippen LogP contribution is -2.43. The fraction of sp³-hybridized carbons (Fsp3) is 0.467. The van der Waals surface area contributed by atoms with Gasteiger partial charge in [-0.05, 0) is 18.4 Å². The molecule has 5 heteroatoms. The number of carbonyl (C=O) groups excluding carboxylic acids is 2. The van der Waals surface area contributed by atoms with E-state index in [0.29, 0.717) is 26.0 Å². The third-order valence-electron chi connectivity index (χ3n) is 4.18. The van der Waals surface area contributed by atoms with E-state index >= 15 is 0 Å². The summed E-state index contributed by atoms with van der Waals surface area (Å²) in [5, 5.41) is 0. The molecule has 2 heterocycles. The lowest BCUT2D eigenvalue weighted by molar-refractivity contribution is -0.146. The molecule has 106 valence electrons. The van der Waals surface area contributed by atoms with Gasteiger partial charge in [-0.15, -0.1) is 0 Å². The molecular formula is C15H18N2O3. The number of hydrogen-bond donors (Lipinski definition) is 1.